The molecule has 0 bridgehead atoms. The van der Waals surface area contributed by atoms with E-state index in [1.807, 2.05) is 17.2 Å². The van der Waals surface area contributed by atoms with Crippen molar-refractivity contribution in [3.05, 3.63) is 107 Å². The Balaban J connectivity index is 1.50. The molecule has 2 aromatic heterocycles. The highest BCUT2D eigenvalue weighted by molar-refractivity contribution is 5.78. The average Bonchev–Trinajstić information content (AvgIpc) is 3.23. The normalized spacial score (nSPS) is 14.5. The van der Waals surface area contributed by atoms with Gasteiger partial charge < -0.3 is 9.30 Å². The average molecular weight is 410 g/mol. The van der Waals surface area contributed by atoms with E-state index < -0.39 is 0 Å². The lowest BCUT2D eigenvalue weighted by Gasteiger charge is -2.30. The first kappa shape index (κ1) is 19.6. The minimum absolute atomic E-state index is 0.0392. The molecule has 1 amide bonds. The summed E-state index contributed by atoms with van der Waals surface area (Å²) in [5.74, 6) is 0.160. The van der Waals surface area contributed by atoms with Crippen molar-refractivity contribution in [2.75, 3.05) is 6.54 Å². The van der Waals surface area contributed by atoms with Crippen LogP contribution in [0.5, 0.6) is 0 Å². The number of aryl methyl sites for hydroxylation is 2. The molecule has 0 saturated heterocycles. The van der Waals surface area contributed by atoms with Gasteiger partial charge >= 0.3 is 0 Å². The van der Waals surface area contributed by atoms with E-state index in [0.717, 1.165) is 29.9 Å². The maximum atomic E-state index is 13.5. The first-order chi connectivity index (χ1) is 15.1. The zero-order valence-corrected chi connectivity index (χ0v) is 18.1. The van der Waals surface area contributed by atoms with Crippen LogP contribution in [0.15, 0.2) is 73.1 Å². The third kappa shape index (κ3) is 3.63. The molecule has 1 aliphatic heterocycles. The molecule has 0 spiro atoms. The van der Waals surface area contributed by atoms with Gasteiger partial charge in [0.05, 0.1) is 5.69 Å². The summed E-state index contributed by atoms with van der Waals surface area (Å²) in [5, 5.41) is 0. The Morgan fingerprint density at radius 2 is 1.71 bits per heavy atom. The standard InChI is InChI=1S/C27H27N3O/c1-19-8-3-6-12-23(19)24(25-17-28-27-20(2)9-7-14-30(25)27)16-26(31)29-15-13-21-10-4-5-11-22(21)18-29/h3-12,14,17,24H,13,15-16,18H2,1-2H3. The Hall–Kier alpha value is -3.40. The molecule has 4 aromatic rings. The lowest BCUT2D eigenvalue weighted by Crippen LogP contribution is -2.36. The molecule has 1 atom stereocenters. The Kier molecular flexibility index (Phi) is 5.06. The van der Waals surface area contributed by atoms with Gasteiger partial charge in [-0.25, -0.2) is 4.98 Å². The molecular formula is C27H27N3O. The van der Waals surface area contributed by atoms with Gasteiger partial charge in [-0.15, -0.1) is 0 Å². The minimum Gasteiger partial charge on any atom is -0.338 e. The van der Waals surface area contributed by atoms with Crippen LogP contribution in [0.3, 0.4) is 0 Å². The number of hydrogen-bond donors (Lipinski definition) is 0. The topological polar surface area (TPSA) is 37.6 Å². The second-order valence-electron chi connectivity index (χ2n) is 8.52. The maximum Gasteiger partial charge on any atom is 0.223 e. The first-order valence-electron chi connectivity index (χ1n) is 10.9. The summed E-state index contributed by atoms with van der Waals surface area (Å²) >= 11 is 0. The van der Waals surface area contributed by atoms with Crippen LogP contribution in [0.4, 0.5) is 0 Å². The molecule has 3 heterocycles. The maximum absolute atomic E-state index is 13.5. The van der Waals surface area contributed by atoms with Gasteiger partial charge in [-0.2, -0.15) is 0 Å². The van der Waals surface area contributed by atoms with Crippen LogP contribution in [0.25, 0.3) is 5.65 Å². The van der Waals surface area contributed by atoms with Crippen LogP contribution in [0.1, 0.15) is 45.8 Å². The van der Waals surface area contributed by atoms with Gasteiger partial charge in [0.1, 0.15) is 5.65 Å². The minimum atomic E-state index is -0.0392. The zero-order valence-electron chi connectivity index (χ0n) is 18.1. The predicted molar refractivity (Wildman–Crippen MR) is 123 cm³/mol. The van der Waals surface area contributed by atoms with Gasteiger partial charge in [0.15, 0.2) is 0 Å². The van der Waals surface area contributed by atoms with Crippen molar-refractivity contribution in [2.45, 2.75) is 39.2 Å². The van der Waals surface area contributed by atoms with Crippen LogP contribution >= 0.6 is 0 Å². The van der Waals surface area contributed by atoms with Crippen molar-refractivity contribution in [2.24, 2.45) is 0 Å². The van der Waals surface area contributed by atoms with Crippen LogP contribution in [-0.4, -0.2) is 26.7 Å². The summed E-state index contributed by atoms with van der Waals surface area (Å²) in [6, 6.07) is 21.0. The van der Waals surface area contributed by atoms with Gasteiger partial charge in [0.25, 0.3) is 0 Å². The summed E-state index contributed by atoms with van der Waals surface area (Å²) in [6.45, 7) is 5.67. The first-order valence-corrected chi connectivity index (χ1v) is 10.9. The van der Waals surface area contributed by atoms with Crippen LogP contribution in [0, 0.1) is 13.8 Å². The second kappa shape index (κ2) is 8.03. The van der Waals surface area contributed by atoms with Crippen LogP contribution in [0.2, 0.25) is 0 Å². The molecule has 156 valence electrons. The number of benzene rings is 2. The predicted octanol–water partition coefficient (Wildman–Crippen LogP) is 5.06. The van der Waals surface area contributed by atoms with Gasteiger partial charge in [0, 0.05) is 37.8 Å². The Morgan fingerprint density at radius 1 is 0.968 bits per heavy atom. The monoisotopic (exact) mass is 409 g/mol. The van der Waals surface area contributed by atoms with Crippen molar-refractivity contribution in [3.63, 3.8) is 0 Å². The van der Waals surface area contributed by atoms with Gasteiger partial charge in [0.2, 0.25) is 5.91 Å². The van der Waals surface area contributed by atoms with Crippen molar-refractivity contribution in [1.82, 2.24) is 14.3 Å². The molecule has 0 N–H and O–H groups in total. The van der Waals surface area contributed by atoms with E-state index in [1.54, 1.807) is 0 Å². The zero-order chi connectivity index (χ0) is 21.4. The molecule has 1 unspecified atom stereocenters. The van der Waals surface area contributed by atoms with E-state index in [1.165, 1.54) is 22.3 Å². The number of aromatic nitrogens is 2. The van der Waals surface area contributed by atoms with Crippen LogP contribution < -0.4 is 0 Å². The molecule has 0 fully saturated rings. The molecule has 0 saturated carbocycles. The van der Waals surface area contributed by atoms with E-state index in [4.69, 9.17) is 0 Å². The number of carbonyl (C=O) groups is 1. The molecule has 0 aliphatic carbocycles. The number of pyridine rings is 1. The SMILES string of the molecule is Cc1ccccc1C(CC(=O)N1CCc2ccccc2C1)c1cnc2c(C)cccn12. The number of imidazole rings is 1. The Labute approximate surface area is 183 Å². The molecule has 0 radical (unpaired) electrons. The van der Waals surface area contributed by atoms with E-state index in [9.17, 15) is 4.79 Å². The molecule has 4 nitrogen and oxygen atoms in total. The highest BCUT2D eigenvalue weighted by Crippen LogP contribution is 2.32. The third-order valence-corrected chi connectivity index (χ3v) is 6.54. The van der Waals surface area contributed by atoms with Gasteiger partial charge in [-0.1, -0.05) is 54.6 Å². The van der Waals surface area contributed by atoms with Crippen LogP contribution in [-0.2, 0) is 17.8 Å². The van der Waals surface area contributed by atoms with Crippen molar-refractivity contribution in [3.8, 4) is 0 Å². The van der Waals surface area contributed by atoms with E-state index in [-0.39, 0.29) is 11.8 Å². The Morgan fingerprint density at radius 3 is 2.55 bits per heavy atom. The number of hydrogen-bond acceptors (Lipinski definition) is 2. The number of amides is 1. The lowest BCUT2D eigenvalue weighted by molar-refractivity contribution is -0.132. The summed E-state index contributed by atoms with van der Waals surface area (Å²) in [7, 11) is 0. The number of rotatable bonds is 4. The Bertz CT molecular complexity index is 1260. The summed E-state index contributed by atoms with van der Waals surface area (Å²) in [6.07, 6.45) is 5.36. The quantitative estimate of drug-likeness (QED) is 0.473. The van der Waals surface area contributed by atoms with Gasteiger partial charge in [-0.3, -0.25) is 4.79 Å². The molecule has 1 aliphatic rings. The molecule has 31 heavy (non-hydrogen) atoms. The van der Waals surface area contributed by atoms with Crippen molar-refractivity contribution >= 4 is 11.6 Å². The van der Waals surface area contributed by atoms with E-state index in [2.05, 4.69) is 84.0 Å². The number of fused-ring (bicyclic) bond motifs is 2. The third-order valence-electron chi connectivity index (χ3n) is 6.54. The smallest absolute Gasteiger partial charge is 0.223 e. The van der Waals surface area contributed by atoms with Gasteiger partial charge in [-0.05, 0) is 54.2 Å². The number of carbonyl (C=O) groups excluding carboxylic acids is 1. The largest absolute Gasteiger partial charge is 0.338 e. The van der Waals surface area contributed by atoms with E-state index in [0.29, 0.717) is 13.0 Å². The second-order valence-corrected chi connectivity index (χ2v) is 8.52. The lowest BCUT2D eigenvalue weighted by atomic mass is 9.88. The fourth-order valence-electron chi connectivity index (χ4n) is 4.79. The highest BCUT2D eigenvalue weighted by Gasteiger charge is 2.27. The molecule has 4 heteroatoms. The number of nitrogens with zero attached hydrogens (tertiary/aromatic N) is 3. The summed E-state index contributed by atoms with van der Waals surface area (Å²) < 4.78 is 2.14. The molecule has 5 rings (SSSR count). The van der Waals surface area contributed by atoms with Crippen molar-refractivity contribution < 1.29 is 4.79 Å². The fourth-order valence-corrected chi connectivity index (χ4v) is 4.79. The van der Waals surface area contributed by atoms with E-state index >= 15 is 0 Å². The summed E-state index contributed by atoms with van der Waals surface area (Å²) in [5.41, 5.74) is 8.17. The molecule has 2 aromatic carbocycles. The molecular weight excluding hydrogens is 382 g/mol. The highest BCUT2D eigenvalue weighted by atomic mass is 16.2. The summed E-state index contributed by atoms with van der Waals surface area (Å²) in [4.78, 5) is 20.2. The fraction of sp³-hybridized carbons (Fsp3) is 0.259. The van der Waals surface area contributed by atoms with Crippen molar-refractivity contribution in [1.29, 1.82) is 0 Å².